The van der Waals surface area contributed by atoms with Gasteiger partial charge in [-0.05, 0) is 6.92 Å². The van der Waals surface area contributed by atoms with Gasteiger partial charge < -0.3 is 17.1 Å². The Morgan fingerprint density at radius 3 is 1.86 bits per heavy atom. The molecule has 0 aliphatic rings. The van der Waals surface area contributed by atoms with Crippen LogP contribution in [0, 0.1) is 0 Å². The van der Waals surface area contributed by atoms with Crippen LogP contribution < -0.4 is 12.4 Å². The SMILES string of the molecule is CCOC([O])=CN=C(c1ccccc1)c1ccccc1.[Cl-].[Zn]. The van der Waals surface area contributed by atoms with Gasteiger partial charge in [0, 0.05) is 30.6 Å². The molecule has 0 aliphatic carbocycles. The second-order valence-corrected chi connectivity index (χ2v) is 4.09. The van der Waals surface area contributed by atoms with Gasteiger partial charge in [-0.25, -0.2) is 10.1 Å². The Morgan fingerprint density at radius 1 is 1.00 bits per heavy atom. The van der Waals surface area contributed by atoms with Crippen LogP contribution in [0.15, 0.2) is 77.8 Å². The molecule has 3 nitrogen and oxygen atoms in total. The fraction of sp³-hybridized carbons (Fsp3) is 0.118. The summed E-state index contributed by atoms with van der Waals surface area (Å²) in [7, 11) is 0. The van der Waals surface area contributed by atoms with Gasteiger partial charge in [0.05, 0.1) is 12.3 Å². The second-order valence-electron chi connectivity index (χ2n) is 4.09. The van der Waals surface area contributed by atoms with Gasteiger partial charge in [0.25, 0.3) is 0 Å². The first-order valence-corrected chi connectivity index (χ1v) is 6.50. The number of benzene rings is 2. The van der Waals surface area contributed by atoms with Gasteiger partial charge in [-0.1, -0.05) is 60.7 Å². The van der Waals surface area contributed by atoms with Crippen LogP contribution in [0.2, 0.25) is 0 Å². The van der Waals surface area contributed by atoms with Crippen LogP contribution in [0.4, 0.5) is 0 Å². The molecular formula is C17H16ClNO2Zn-. The fourth-order valence-electron chi connectivity index (χ4n) is 1.80. The first-order chi connectivity index (χ1) is 9.81. The molecule has 0 heterocycles. The molecule has 22 heavy (non-hydrogen) atoms. The van der Waals surface area contributed by atoms with Crippen molar-refractivity contribution in [3.63, 3.8) is 0 Å². The van der Waals surface area contributed by atoms with Gasteiger partial charge in [-0.3, -0.25) is 0 Å². The predicted octanol–water partition coefficient (Wildman–Crippen LogP) is 0.791. The van der Waals surface area contributed by atoms with Crippen LogP contribution in [0.5, 0.6) is 0 Å². The third-order valence-electron chi connectivity index (χ3n) is 2.68. The van der Waals surface area contributed by atoms with E-state index in [0.717, 1.165) is 16.8 Å². The summed E-state index contributed by atoms with van der Waals surface area (Å²) in [6.45, 7) is 2.11. The molecule has 0 N–H and O–H groups in total. The number of halogens is 1. The summed E-state index contributed by atoms with van der Waals surface area (Å²) in [5.41, 5.74) is 2.66. The van der Waals surface area contributed by atoms with E-state index >= 15 is 0 Å². The quantitative estimate of drug-likeness (QED) is 0.438. The van der Waals surface area contributed by atoms with E-state index in [1.54, 1.807) is 6.92 Å². The summed E-state index contributed by atoms with van der Waals surface area (Å²) < 4.78 is 4.86. The first-order valence-electron chi connectivity index (χ1n) is 6.50. The van der Waals surface area contributed by atoms with E-state index in [1.807, 2.05) is 60.7 Å². The molecule has 0 spiro atoms. The molecule has 0 bridgehead atoms. The maximum Gasteiger partial charge on any atom is 0.349 e. The molecule has 2 rings (SSSR count). The van der Waals surface area contributed by atoms with Crippen LogP contribution in [0.25, 0.3) is 0 Å². The van der Waals surface area contributed by atoms with Gasteiger partial charge in [0.15, 0.2) is 0 Å². The minimum absolute atomic E-state index is 0. The Hall–Kier alpha value is -1.64. The van der Waals surface area contributed by atoms with Crippen LogP contribution >= 0.6 is 0 Å². The number of hydrogen-bond acceptors (Lipinski definition) is 2. The third kappa shape index (κ3) is 6.01. The number of hydrogen-bond donors (Lipinski definition) is 0. The predicted molar refractivity (Wildman–Crippen MR) is 78.9 cm³/mol. The van der Waals surface area contributed by atoms with Crippen molar-refractivity contribution in [3.8, 4) is 0 Å². The van der Waals surface area contributed by atoms with E-state index in [2.05, 4.69) is 4.99 Å². The largest absolute Gasteiger partial charge is 1.00 e. The second kappa shape index (κ2) is 11.0. The van der Waals surface area contributed by atoms with Crippen molar-refractivity contribution in [2.24, 2.45) is 4.99 Å². The minimum Gasteiger partial charge on any atom is -1.00 e. The summed E-state index contributed by atoms with van der Waals surface area (Å²) >= 11 is 0. The molecule has 0 saturated carbocycles. The van der Waals surface area contributed by atoms with Gasteiger partial charge in [0.1, 0.15) is 6.20 Å². The molecule has 0 unspecified atom stereocenters. The number of ether oxygens (including phenoxy) is 1. The maximum absolute atomic E-state index is 11.4. The Labute approximate surface area is 149 Å². The molecule has 111 valence electrons. The first kappa shape index (κ1) is 20.4. The average Bonchev–Trinajstić information content (AvgIpc) is 2.50. The summed E-state index contributed by atoms with van der Waals surface area (Å²) in [5.74, 6) is -0.433. The molecule has 0 fully saturated rings. The zero-order valence-corrected chi connectivity index (χ0v) is 16.1. The smallest absolute Gasteiger partial charge is 0.349 e. The van der Waals surface area contributed by atoms with Crippen molar-refractivity contribution in [3.05, 3.63) is 83.9 Å². The normalized spacial score (nSPS) is 9.95. The summed E-state index contributed by atoms with van der Waals surface area (Å²) in [6, 6.07) is 19.5. The molecule has 0 atom stereocenters. The molecule has 0 aromatic heterocycles. The molecule has 0 amide bonds. The van der Waals surface area contributed by atoms with E-state index in [-0.39, 0.29) is 31.9 Å². The van der Waals surface area contributed by atoms with Crippen molar-refractivity contribution in [2.45, 2.75) is 6.92 Å². The zero-order valence-electron chi connectivity index (χ0n) is 12.4. The molecule has 1 radical (unpaired) electrons. The average molecular weight is 367 g/mol. The van der Waals surface area contributed by atoms with E-state index in [9.17, 15) is 5.11 Å². The summed E-state index contributed by atoms with van der Waals surface area (Å²) in [5, 5.41) is 11.4. The van der Waals surface area contributed by atoms with Crippen LogP contribution in [-0.4, -0.2) is 12.3 Å². The molecule has 5 heteroatoms. The van der Waals surface area contributed by atoms with E-state index in [0.29, 0.717) is 6.61 Å². The molecule has 2 aromatic carbocycles. The standard InChI is InChI=1S/C17H16NO2.ClH.Zn/c1-2-20-16(19)13-18-17(14-9-5-3-6-10-14)15-11-7-4-8-12-15;;/h3-13H,2H2,1H3;1H;/p-1. The molecule has 2 aromatic rings. The summed E-state index contributed by atoms with van der Waals surface area (Å²) in [4.78, 5) is 4.30. The maximum atomic E-state index is 11.4. The Morgan fingerprint density at radius 2 is 1.45 bits per heavy atom. The number of rotatable bonds is 5. The number of nitrogens with zero attached hydrogens (tertiary/aromatic N) is 1. The van der Waals surface area contributed by atoms with Gasteiger partial charge >= 0.3 is 5.95 Å². The summed E-state index contributed by atoms with van der Waals surface area (Å²) in [6.07, 6.45) is 1.22. The molecular weight excluding hydrogens is 351 g/mol. The minimum atomic E-state index is -0.433. The van der Waals surface area contributed by atoms with Crippen molar-refractivity contribution in [2.75, 3.05) is 6.61 Å². The van der Waals surface area contributed by atoms with Gasteiger partial charge in [0.2, 0.25) is 0 Å². The monoisotopic (exact) mass is 365 g/mol. The topological polar surface area (TPSA) is 41.5 Å². The van der Waals surface area contributed by atoms with E-state index < -0.39 is 5.95 Å². The molecule has 0 saturated heterocycles. The van der Waals surface area contributed by atoms with Crippen LogP contribution in [0.3, 0.4) is 0 Å². The van der Waals surface area contributed by atoms with E-state index in [1.165, 1.54) is 6.20 Å². The van der Waals surface area contributed by atoms with Crippen molar-refractivity contribution in [1.29, 1.82) is 0 Å². The Kier molecular flexibility index (Phi) is 10.2. The third-order valence-corrected chi connectivity index (χ3v) is 2.68. The van der Waals surface area contributed by atoms with Gasteiger partial charge in [-0.15, -0.1) is 0 Å². The fourth-order valence-corrected chi connectivity index (χ4v) is 1.80. The van der Waals surface area contributed by atoms with Crippen molar-refractivity contribution < 1.29 is 41.7 Å². The van der Waals surface area contributed by atoms with Crippen molar-refractivity contribution >= 4 is 5.71 Å². The van der Waals surface area contributed by atoms with Crippen molar-refractivity contribution in [1.82, 2.24) is 0 Å². The number of aliphatic imine (C=N–C) groups is 1. The van der Waals surface area contributed by atoms with Gasteiger partial charge in [-0.2, -0.15) is 0 Å². The molecule has 0 aliphatic heterocycles. The van der Waals surface area contributed by atoms with Crippen LogP contribution in [0.1, 0.15) is 18.1 Å². The Bertz CT molecular complexity index is 559. The van der Waals surface area contributed by atoms with Crippen LogP contribution in [-0.2, 0) is 29.3 Å². The van der Waals surface area contributed by atoms with E-state index in [4.69, 9.17) is 4.74 Å². The zero-order chi connectivity index (χ0) is 14.2. The Balaban J connectivity index is 0.00000220.